The standard InChI is InChI=1S/C9H6N4O2S/c1-5-9(11-12-10)7-4-6(13(14)15)2-3-8(7)16-5/h2-4H,1H3. The van der Waals surface area contributed by atoms with Gasteiger partial charge in [0.15, 0.2) is 0 Å². The minimum absolute atomic E-state index is 0.000287. The number of azide groups is 1. The van der Waals surface area contributed by atoms with E-state index in [1.165, 1.54) is 23.5 Å². The zero-order chi connectivity index (χ0) is 11.7. The fraction of sp³-hybridized carbons (Fsp3) is 0.111. The number of fused-ring (bicyclic) bond motifs is 1. The van der Waals surface area contributed by atoms with Gasteiger partial charge in [0.1, 0.15) is 0 Å². The summed E-state index contributed by atoms with van der Waals surface area (Å²) >= 11 is 1.45. The number of rotatable bonds is 2. The Hall–Kier alpha value is -2.11. The van der Waals surface area contributed by atoms with Crippen LogP contribution < -0.4 is 0 Å². The summed E-state index contributed by atoms with van der Waals surface area (Å²) in [6.07, 6.45) is 0. The van der Waals surface area contributed by atoms with E-state index >= 15 is 0 Å². The van der Waals surface area contributed by atoms with Gasteiger partial charge >= 0.3 is 0 Å². The first-order chi connectivity index (χ1) is 7.63. The van der Waals surface area contributed by atoms with Gasteiger partial charge in [-0.25, -0.2) is 0 Å². The van der Waals surface area contributed by atoms with Crippen LogP contribution in [0.1, 0.15) is 4.88 Å². The van der Waals surface area contributed by atoms with Crippen LogP contribution >= 0.6 is 11.3 Å². The zero-order valence-electron chi connectivity index (χ0n) is 8.25. The Morgan fingerprint density at radius 2 is 2.31 bits per heavy atom. The number of nitrogens with zero attached hydrogens (tertiary/aromatic N) is 4. The van der Waals surface area contributed by atoms with E-state index < -0.39 is 4.92 Å². The largest absolute Gasteiger partial charge is 0.270 e. The third-order valence-corrected chi connectivity index (χ3v) is 3.25. The normalized spacial score (nSPS) is 10.1. The van der Waals surface area contributed by atoms with Crippen molar-refractivity contribution >= 4 is 32.8 Å². The van der Waals surface area contributed by atoms with E-state index in [1.54, 1.807) is 6.07 Å². The Morgan fingerprint density at radius 3 is 2.94 bits per heavy atom. The molecule has 2 aromatic rings. The lowest BCUT2D eigenvalue weighted by Gasteiger charge is -1.93. The monoisotopic (exact) mass is 234 g/mol. The first-order valence-corrected chi connectivity index (χ1v) is 5.18. The van der Waals surface area contributed by atoms with Crippen LogP contribution in [0.5, 0.6) is 0 Å². The van der Waals surface area contributed by atoms with Gasteiger partial charge in [-0.05, 0) is 18.5 Å². The number of hydrogen-bond acceptors (Lipinski definition) is 4. The number of nitro benzene ring substituents is 1. The summed E-state index contributed by atoms with van der Waals surface area (Å²) in [6, 6.07) is 4.54. The number of non-ortho nitro benzene ring substituents is 1. The molecule has 0 saturated carbocycles. The van der Waals surface area contributed by atoms with Crippen LogP contribution in [-0.4, -0.2) is 4.92 Å². The van der Waals surface area contributed by atoms with Gasteiger partial charge in [-0.2, -0.15) is 0 Å². The molecule has 0 fully saturated rings. The molecule has 0 amide bonds. The van der Waals surface area contributed by atoms with E-state index in [4.69, 9.17) is 5.53 Å². The molecule has 80 valence electrons. The Labute approximate surface area is 93.9 Å². The zero-order valence-corrected chi connectivity index (χ0v) is 9.06. The molecule has 1 aromatic heterocycles. The van der Waals surface area contributed by atoms with Crippen LogP contribution in [0.3, 0.4) is 0 Å². The predicted octanol–water partition coefficient (Wildman–Crippen LogP) is 4.06. The number of nitro groups is 1. The average molecular weight is 234 g/mol. The van der Waals surface area contributed by atoms with Gasteiger partial charge < -0.3 is 0 Å². The van der Waals surface area contributed by atoms with Crippen LogP contribution in [0.4, 0.5) is 11.4 Å². The van der Waals surface area contributed by atoms with E-state index in [0.29, 0.717) is 11.1 Å². The maximum absolute atomic E-state index is 10.6. The Morgan fingerprint density at radius 1 is 1.56 bits per heavy atom. The topological polar surface area (TPSA) is 91.9 Å². The van der Waals surface area contributed by atoms with Gasteiger partial charge in [0.2, 0.25) is 0 Å². The first kappa shape index (κ1) is 10.4. The third kappa shape index (κ3) is 1.58. The SMILES string of the molecule is Cc1sc2ccc([N+](=O)[O-])cc2c1N=[N+]=[N-]. The van der Waals surface area contributed by atoms with E-state index in [0.717, 1.165) is 9.58 Å². The number of thiophene rings is 1. The fourth-order valence-electron chi connectivity index (χ4n) is 1.48. The van der Waals surface area contributed by atoms with Gasteiger partial charge in [-0.3, -0.25) is 10.1 Å². The maximum Gasteiger partial charge on any atom is 0.270 e. The molecule has 0 bridgehead atoms. The quantitative estimate of drug-likeness (QED) is 0.257. The Bertz CT molecular complexity index is 628. The van der Waals surface area contributed by atoms with Crippen molar-refractivity contribution in [3.05, 3.63) is 43.6 Å². The molecule has 0 aliphatic rings. The van der Waals surface area contributed by atoms with Gasteiger partial charge in [-0.1, -0.05) is 5.11 Å². The lowest BCUT2D eigenvalue weighted by atomic mass is 10.2. The van der Waals surface area contributed by atoms with Crippen molar-refractivity contribution in [1.82, 2.24) is 0 Å². The number of aryl methyl sites for hydroxylation is 1. The highest BCUT2D eigenvalue weighted by atomic mass is 32.1. The molecule has 0 unspecified atom stereocenters. The summed E-state index contributed by atoms with van der Waals surface area (Å²) in [7, 11) is 0. The molecule has 6 nitrogen and oxygen atoms in total. The highest BCUT2D eigenvalue weighted by molar-refractivity contribution is 7.19. The molecular formula is C9H6N4O2S. The minimum Gasteiger partial charge on any atom is -0.258 e. The molecule has 0 saturated heterocycles. The van der Waals surface area contributed by atoms with Crippen molar-refractivity contribution in [3.8, 4) is 0 Å². The van der Waals surface area contributed by atoms with E-state index in [2.05, 4.69) is 10.0 Å². The van der Waals surface area contributed by atoms with Crippen LogP contribution in [0.2, 0.25) is 0 Å². The van der Waals surface area contributed by atoms with Crippen molar-refractivity contribution in [2.24, 2.45) is 5.11 Å². The lowest BCUT2D eigenvalue weighted by Crippen LogP contribution is -1.85. The predicted molar refractivity (Wildman–Crippen MR) is 62.0 cm³/mol. The van der Waals surface area contributed by atoms with Crippen molar-refractivity contribution in [2.45, 2.75) is 6.92 Å². The molecule has 0 atom stereocenters. The minimum atomic E-state index is -0.466. The molecule has 0 N–H and O–H groups in total. The summed E-state index contributed by atoms with van der Waals surface area (Å²) in [6.45, 7) is 1.82. The highest BCUT2D eigenvalue weighted by Gasteiger charge is 2.12. The van der Waals surface area contributed by atoms with Crippen molar-refractivity contribution in [3.63, 3.8) is 0 Å². The second kappa shape index (κ2) is 3.80. The molecule has 7 heteroatoms. The summed E-state index contributed by atoms with van der Waals surface area (Å²) in [5.74, 6) is 0. The number of benzene rings is 1. The van der Waals surface area contributed by atoms with E-state index in [9.17, 15) is 10.1 Å². The Kier molecular flexibility index (Phi) is 2.47. The van der Waals surface area contributed by atoms with Gasteiger partial charge in [0, 0.05) is 32.0 Å². The fourth-order valence-corrected chi connectivity index (χ4v) is 2.46. The maximum atomic E-state index is 10.6. The molecular weight excluding hydrogens is 228 g/mol. The highest BCUT2D eigenvalue weighted by Crippen LogP contribution is 2.39. The average Bonchev–Trinajstić information content (AvgIpc) is 2.55. The smallest absolute Gasteiger partial charge is 0.258 e. The van der Waals surface area contributed by atoms with Crippen LogP contribution in [0.15, 0.2) is 23.3 Å². The van der Waals surface area contributed by atoms with Crippen molar-refractivity contribution < 1.29 is 4.92 Å². The first-order valence-electron chi connectivity index (χ1n) is 4.36. The second-order valence-corrected chi connectivity index (χ2v) is 4.39. The van der Waals surface area contributed by atoms with Crippen molar-refractivity contribution in [2.75, 3.05) is 0 Å². The molecule has 0 spiro atoms. The molecule has 16 heavy (non-hydrogen) atoms. The van der Waals surface area contributed by atoms with E-state index in [1.807, 2.05) is 6.92 Å². The molecule has 0 radical (unpaired) electrons. The lowest BCUT2D eigenvalue weighted by molar-refractivity contribution is -0.384. The van der Waals surface area contributed by atoms with E-state index in [-0.39, 0.29) is 5.69 Å². The van der Waals surface area contributed by atoms with Crippen LogP contribution in [0, 0.1) is 17.0 Å². The van der Waals surface area contributed by atoms with Crippen LogP contribution in [0.25, 0.3) is 20.5 Å². The molecule has 2 rings (SSSR count). The third-order valence-electron chi connectivity index (χ3n) is 2.17. The van der Waals surface area contributed by atoms with Crippen molar-refractivity contribution in [1.29, 1.82) is 0 Å². The molecule has 0 aliphatic heterocycles. The van der Waals surface area contributed by atoms with Gasteiger partial charge in [0.25, 0.3) is 5.69 Å². The summed E-state index contributed by atoms with van der Waals surface area (Å²) in [4.78, 5) is 13.7. The summed E-state index contributed by atoms with van der Waals surface area (Å²) in [5, 5.41) is 14.8. The summed E-state index contributed by atoms with van der Waals surface area (Å²) < 4.78 is 0.880. The van der Waals surface area contributed by atoms with Gasteiger partial charge in [0.05, 0.1) is 10.6 Å². The molecule has 1 heterocycles. The molecule has 1 aromatic carbocycles. The second-order valence-electron chi connectivity index (χ2n) is 3.13. The Balaban J connectivity index is 2.79. The van der Waals surface area contributed by atoms with Gasteiger partial charge in [-0.15, -0.1) is 11.3 Å². The number of hydrogen-bond donors (Lipinski definition) is 0. The summed E-state index contributed by atoms with van der Waals surface area (Å²) in [5.41, 5.74) is 8.91. The molecule has 0 aliphatic carbocycles. The van der Waals surface area contributed by atoms with Crippen LogP contribution in [-0.2, 0) is 0 Å².